The first-order valence-electron chi connectivity index (χ1n) is 6.97. The topological polar surface area (TPSA) is 71.1 Å². The van der Waals surface area contributed by atoms with Crippen molar-refractivity contribution < 1.29 is 4.74 Å². The van der Waals surface area contributed by atoms with E-state index in [1.165, 1.54) is 0 Å². The highest BCUT2D eigenvalue weighted by Gasteiger charge is 2.01. The Balaban J connectivity index is 2.05. The maximum atomic E-state index is 8.90. The van der Waals surface area contributed by atoms with Gasteiger partial charge < -0.3 is 15.8 Å². The zero-order chi connectivity index (χ0) is 15.1. The fraction of sp³-hybridized carbons (Fsp3) is 0.235. The van der Waals surface area contributed by atoms with Gasteiger partial charge in [-0.3, -0.25) is 0 Å². The van der Waals surface area contributed by atoms with Crippen molar-refractivity contribution >= 4 is 11.4 Å². The van der Waals surface area contributed by atoms with E-state index in [0.29, 0.717) is 24.4 Å². The minimum atomic E-state index is 0.631. The molecule has 0 saturated carbocycles. The number of rotatable bonds is 6. The number of hydrogen-bond acceptors (Lipinski definition) is 4. The molecule has 2 rings (SSSR count). The average Bonchev–Trinajstić information content (AvgIpc) is 2.50. The van der Waals surface area contributed by atoms with Gasteiger partial charge in [-0.2, -0.15) is 5.26 Å². The first-order chi connectivity index (χ1) is 10.2. The minimum absolute atomic E-state index is 0.631. The monoisotopic (exact) mass is 281 g/mol. The summed E-state index contributed by atoms with van der Waals surface area (Å²) in [6, 6.07) is 15.3. The smallest absolute Gasteiger partial charge is 0.123 e. The van der Waals surface area contributed by atoms with Gasteiger partial charge in [-0.15, -0.1) is 0 Å². The summed E-state index contributed by atoms with van der Waals surface area (Å²) < 4.78 is 5.60. The van der Waals surface area contributed by atoms with Crippen molar-refractivity contribution in [1.29, 1.82) is 5.26 Å². The summed E-state index contributed by atoms with van der Waals surface area (Å²) in [6.45, 7) is 3.37. The van der Waals surface area contributed by atoms with Crippen LogP contribution in [0.4, 0.5) is 11.4 Å². The fourth-order valence-corrected chi connectivity index (χ4v) is 1.98. The van der Waals surface area contributed by atoms with Gasteiger partial charge in [0.15, 0.2) is 0 Å². The summed E-state index contributed by atoms with van der Waals surface area (Å²) in [5.41, 5.74) is 9.16. The van der Waals surface area contributed by atoms with E-state index in [0.717, 1.165) is 23.4 Å². The van der Waals surface area contributed by atoms with Crippen LogP contribution < -0.4 is 15.8 Å². The number of ether oxygens (including phenoxy) is 1. The zero-order valence-electron chi connectivity index (χ0n) is 12.1. The van der Waals surface area contributed by atoms with Crippen LogP contribution in [-0.4, -0.2) is 6.61 Å². The second-order valence-electron chi connectivity index (χ2n) is 4.80. The predicted octanol–water partition coefficient (Wildman–Crippen LogP) is 3.54. The van der Waals surface area contributed by atoms with E-state index in [-0.39, 0.29) is 0 Å². The van der Waals surface area contributed by atoms with Gasteiger partial charge in [0, 0.05) is 30.1 Å². The van der Waals surface area contributed by atoms with Crippen molar-refractivity contribution in [2.75, 3.05) is 17.7 Å². The molecule has 2 aromatic rings. The Kier molecular flexibility index (Phi) is 5.05. The normalized spacial score (nSPS) is 9.90. The number of anilines is 2. The Morgan fingerprint density at radius 1 is 1.24 bits per heavy atom. The SMILES string of the molecule is CCCOc1cc(N)cc(NCc2cccc(C#N)c2)c1. The maximum absolute atomic E-state index is 8.90. The lowest BCUT2D eigenvalue weighted by atomic mass is 10.1. The molecule has 0 aromatic heterocycles. The van der Waals surface area contributed by atoms with Crippen LogP contribution in [0.2, 0.25) is 0 Å². The Labute approximate surface area is 125 Å². The number of nitrogens with zero attached hydrogens (tertiary/aromatic N) is 1. The Morgan fingerprint density at radius 3 is 2.86 bits per heavy atom. The molecule has 0 amide bonds. The van der Waals surface area contributed by atoms with Crippen LogP contribution in [0.15, 0.2) is 42.5 Å². The summed E-state index contributed by atoms with van der Waals surface area (Å²) in [5.74, 6) is 0.769. The summed E-state index contributed by atoms with van der Waals surface area (Å²) in [7, 11) is 0. The predicted molar refractivity (Wildman–Crippen MR) is 85.1 cm³/mol. The number of nitrogens with two attached hydrogens (primary N) is 1. The summed E-state index contributed by atoms with van der Waals surface area (Å²) in [5, 5.41) is 12.2. The van der Waals surface area contributed by atoms with Crippen molar-refractivity contribution in [2.24, 2.45) is 0 Å². The molecule has 21 heavy (non-hydrogen) atoms. The van der Waals surface area contributed by atoms with Crippen LogP contribution in [0.25, 0.3) is 0 Å². The van der Waals surface area contributed by atoms with E-state index in [1.807, 2.05) is 36.4 Å². The highest BCUT2D eigenvalue weighted by atomic mass is 16.5. The second kappa shape index (κ2) is 7.20. The quantitative estimate of drug-likeness (QED) is 0.794. The number of hydrogen-bond donors (Lipinski definition) is 2. The molecular formula is C17H19N3O. The highest BCUT2D eigenvalue weighted by molar-refractivity contribution is 5.59. The first kappa shape index (κ1) is 14.7. The van der Waals surface area contributed by atoms with Crippen molar-refractivity contribution in [3.05, 3.63) is 53.6 Å². The average molecular weight is 281 g/mol. The number of benzene rings is 2. The molecule has 0 radical (unpaired) electrons. The molecular weight excluding hydrogens is 262 g/mol. The van der Waals surface area contributed by atoms with E-state index >= 15 is 0 Å². The van der Waals surface area contributed by atoms with E-state index in [1.54, 1.807) is 6.07 Å². The molecule has 0 spiro atoms. The Morgan fingerprint density at radius 2 is 2.10 bits per heavy atom. The van der Waals surface area contributed by atoms with Crippen molar-refractivity contribution in [3.63, 3.8) is 0 Å². The molecule has 0 bridgehead atoms. The highest BCUT2D eigenvalue weighted by Crippen LogP contribution is 2.23. The lowest BCUT2D eigenvalue weighted by Gasteiger charge is -2.11. The molecule has 0 aliphatic heterocycles. The standard InChI is InChI=1S/C17H19N3O/c1-2-6-21-17-9-15(19)8-16(10-17)20-12-14-5-3-4-13(7-14)11-18/h3-5,7-10,20H,2,6,12,19H2,1H3. The van der Waals surface area contributed by atoms with E-state index in [2.05, 4.69) is 18.3 Å². The van der Waals surface area contributed by atoms with Gasteiger partial charge in [-0.05, 0) is 30.2 Å². The van der Waals surface area contributed by atoms with Crippen LogP contribution in [0, 0.1) is 11.3 Å². The lowest BCUT2D eigenvalue weighted by molar-refractivity contribution is 0.318. The molecule has 0 atom stereocenters. The lowest BCUT2D eigenvalue weighted by Crippen LogP contribution is -2.02. The molecule has 2 aromatic carbocycles. The molecule has 0 heterocycles. The maximum Gasteiger partial charge on any atom is 0.123 e. The molecule has 0 aliphatic rings. The van der Waals surface area contributed by atoms with Crippen molar-refractivity contribution in [2.45, 2.75) is 19.9 Å². The number of nitriles is 1. The molecule has 0 aliphatic carbocycles. The van der Waals surface area contributed by atoms with Crippen molar-refractivity contribution in [3.8, 4) is 11.8 Å². The fourth-order valence-electron chi connectivity index (χ4n) is 1.98. The molecule has 0 saturated heterocycles. The first-order valence-corrected chi connectivity index (χ1v) is 6.97. The molecule has 0 unspecified atom stereocenters. The van der Waals surface area contributed by atoms with E-state index < -0.39 is 0 Å². The van der Waals surface area contributed by atoms with Crippen LogP contribution in [-0.2, 0) is 6.54 Å². The zero-order valence-corrected chi connectivity index (χ0v) is 12.1. The largest absolute Gasteiger partial charge is 0.493 e. The van der Waals surface area contributed by atoms with Crippen LogP contribution in [0.1, 0.15) is 24.5 Å². The molecule has 4 nitrogen and oxygen atoms in total. The van der Waals surface area contributed by atoms with Gasteiger partial charge in [-0.1, -0.05) is 19.1 Å². The van der Waals surface area contributed by atoms with Gasteiger partial charge in [0.25, 0.3) is 0 Å². The third-order valence-corrected chi connectivity index (χ3v) is 2.95. The Bertz CT molecular complexity index is 647. The van der Waals surface area contributed by atoms with Gasteiger partial charge in [0.1, 0.15) is 5.75 Å². The molecule has 3 N–H and O–H groups in total. The molecule has 4 heteroatoms. The summed E-state index contributed by atoms with van der Waals surface area (Å²) in [6.07, 6.45) is 0.957. The van der Waals surface area contributed by atoms with Crippen LogP contribution >= 0.6 is 0 Å². The van der Waals surface area contributed by atoms with Crippen molar-refractivity contribution in [1.82, 2.24) is 0 Å². The second-order valence-corrected chi connectivity index (χ2v) is 4.80. The van der Waals surface area contributed by atoms with Crippen LogP contribution in [0.3, 0.4) is 0 Å². The summed E-state index contributed by atoms with van der Waals surface area (Å²) in [4.78, 5) is 0. The third-order valence-electron chi connectivity index (χ3n) is 2.95. The van der Waals surface area contributed by atoms with E-state index in [9.17, 15) is 0 Å². The van der Waals surface area contributed by atoms with Gasteiger partial charge in [-0.25, -0.2) is 0 Å². The minimum Gasteiger partial charge on any atom is -0.493 e. The summed E-state index contributed by atoms with van der Waals surface area (Å²) >= 11 is 0. The van der Waals surface area contributed by atoms with Gasteiger partial charge >= 0.3 is 0 Å². The van der Waals surface area contributed by atoms with Gasteiger partial charge in [0.05, 0.1) is 18.2 Å². The number of nitrogens with one attached hydrogen (secondary N) is 1. The number of nitrogen functional groups attached to an aromatic ring is 1. The van der Waals surface area contributed by atoms with Gasteiger partial charge in [0.2, 0.25) is 0 Å². The Hall–Kier alpha value is -2.67. The molecule has 108 valence electrons. The molecule has 0 fully saturated rings. The third kappa shape index (κ3) is 4.43. The van der Waals surface area contributed by atoms with E-state index in [4.69, 9.17) is 15.7 Å². The van der Waals surface area contributed by atoms with Crippen LogP contribution in [0.5, 0.6) is 5.75 Å².